The lowest BCUT2D eigenvalue weighted by molar-refractivity contribution is 1.47. The SMILES string of the molecule is [NH]c1ccc2nc(Cl)sc2c1. The average molecular weight is 184 g/mol. The molecule has 1 heterocycles. The topological polar surface area (TPSA) is 36.7 Å². The van der Waals surface area contributed by atoms with Crippen LogP contribution in [0, 0.1) is 0 Å². The molecule has 1 N–H and O–H groups in total. The molecule has 0 bridgehead atoms. The summed E-state index contributed by atoms with van der Waals surface area (Å²) in [6.07, 6.45) is 0. The summed E-state index contributed by atoms with van der Waals surface area (Å²) in [6, 6.07) is 5.28. The number of rotatable bonds is 0. The molecular weight excluding hydrogens is 180 g/mol. The molecule has 0 spiro atoms. The molecule has 2 rings (SSSR count). The van der Waals surface area contributed by atoms with Crippen molar-refractivity contribution in [2.75, 3.05) is 0 Å². The van der Waals surface area contributed by atoms with Crippen LogP contribution in [0.3, 0.4) is 0 Å². The molecule has 0 aliphatic carbocycles. The van der Waals surface area contributed by atoms with E-state index >= 15 is 0 Å². The molecule has 0 aliphatic rings. The Hall–Kier alpha value is -0.800. The number of benzene rings is 1. The van der Waals surface area contributed by atoms with Crippen LogP contribution in [0.1, 0.15) is 0 Å². The van der Waals surface area contributed by atoms with E-state index in [2.05, 4.69) is 4.98 Å². The van der Waals surface area contributed by atoms with E-state index in [0.29, 0.717) is 10.2 Å². The van der Waals surface area contributed by atoms with Crippen LogP contribution < -0.4 is 5.73 Å². The molecule has 1 aromatic carbocycles. The van der Waals surface area contributed by atoms with Gasteiger partial charge in [-0.15, -0.1) is 11.3 Å². The molecule has 1 aromatic heterocycles. The lowest BCUT2D eigenvalue weighted by Gasteiger charge is -1.87. The van der Waals surface area contributed by atoms with Gasteiger partial charge >= 0.3 is 0 Å². The molecule has 0 saturated heterocycles. The highest BCUT2D eigenvalue weighted by Gasteiger charge is 2.00. The molecule has 0 fully saturated rings. The highest BCUT2D eigenvalue weighted by molar-refractivity contribution is 7.22. The lowest BCUT2D eigenvalue weighted by atomic mass is 10.3. The van der Waals surface area contributed by atoms with Gasteiger partial charge in [0.1, 0.15) is 0 Å². The predicted molar refractivity (Wildman–Crippen MR) is 47.4 cm³/mol. The molecule has 0 amide bonds. The monoisotopic (exact) mass is 183 g/mol. The van der Waals surface area contributed by atoms with Crippen LogP contribution in [-0.2, 0) is 0 Å². The number of hydrogen-bond donors (Lipinski definition) is 0. The van der Waals surface area contributed by atoms with Gasteiger partial charge < -0.3 is 5.73 Å². The van der Waals surface area contributed by atoms with Crippen molar-refractivity contribution in [2.45, 2.75) is 0 Å². The Bertz CT molecular complexity index is 396. The van der Waals surface area contributed by atoms with E-state index in [1.54, 1.807) is 18.2 Å². The minimum atomic E-state index is 0.498. The van der Waals surface area contributed by atoms with Crippen LogP contribution in [-0.4, -0.2) is 4.98 Å². The quantitative estimate of drug-likeness (QED) is 0.619. The van der Waals surface area contributed by atoms with E-state index in [1.807, 2.05) is 0 Å². The fraction of sp³-hybridized carbons (Fsp3) is 0. The number of nitrogens with one attached hydrogen (secondary N) is 1. The van der Waals surface area contributed by atoms with Crippen molar-refractivity contribution in [2.24, 2.45) is 0 Å². The van der Waals surface area contributed by atoms with Crippen LogP contribution >= 0.6 is 22.9 Å². The number of fused-ring (bicyclic) bond motifs is 1. The van der Waals surface area contributed by atoms with Crippen LogP contribution in [0.5, 0.6) is 0 Å². The molecule has 2 aromatic rings. The van der Waals surface area contributed by atoms with Gasteiger partial charge in [0.2, 0.25) is 0 Å². The summed E-state index contributed by atoms with van der Waals surface area (Å²) in [5, 5.41) is 0. The Morgan fingerprint density at radius 1 is 1.45 bits per heavy atom. The van der Waals surface area contributed by atoms with Crippen molar-refractivity contribution >= 4 is 38.8 Å². The van der Waals surface area contributed by atoms with E-state index in [1.165, 1.54) is 11.3 Å². The smallest absolute Gasteiger partial charge is 0.184 e. The fourth-order valence-corrected chi connectivity index (χ4v) is 1.97. The van der Waals surface area contributed by atoms with Crippen molar-refractivity contribution in [1.82, 2.24) is 10.7 Å². The van der Waals surface area contributed by atoms with Crippen molar-refractivity contribution in [1.29, 1.82) is 0 Å². The van der Waals surface area contributed by atoms with Crippen molar-refractivity contribution in [3.05, 3.63) is 22.7 Å². The number of aromatic nitrogens is 1. The molecule has 0 saturated carbocycles. The number of halogens is 1. The number of thiazole rings is 1. The third kappa shape index (κ3) is 1.17. The molecule has 1 radical (unpaired) electrons. The summed E-state index contributed by atoms with van der Waals surface area (Å²) >= 11 is 7.08. The van der Waals surface area contributed by atoms with Gasteiger partial charge in [-0.2, -0.15) is 0 Å². The summed E-state index contributed by atoms with van der Waals surface area (Å²) in [5.41, 5.74) is 8.69. The lowest BCUT2D eigenvalue weighted by Crippen LogP contribution is -1.68. The van der Waals surface area contributed by atoms with Gasteiger partial charge in [-0.05, 0) is 18.2 Å². The molecule has 11 heavy (non-hydrogen) atoms. The summed E-state index contributed by atoms with van der Waals surface area (Å²) in [6.45, 7) is 0. The zero-order valence-electron chi connectivity index (χ0n) is 5.47. The van der Waals surface area contributed by atoms with E-state index in [9.17, 15) is 0 Å². The van der Waals surface area contributed by atoms with Gasteiger partial charge in [-0.1, -0.05) is 11.6 Å². The normalized spacial score (nSPS) is 10.6. The first kappa shape index (κ1) is 6.88. The second-order valence-corrected chi connectivity index (χ2v) is 3.76. The highest BCUT2D eigenvalue weighted by atomic mass is 35.5. The summed E-state index contributed by atoms with van der Waals surface area (Å²) in [7, 11) is 0. The van der Waals surface area contributed by atoms with Crippen LogP contribution in [0.2, 0.25) is 4.47 Å². The van der Waals surface area contributed by atoms with E-state index in [4.69, 9.17) is 17.3 Å². The zero-order valence-corrected chi connectivity index (χ0v) is 7.04. The molecule has 0 atom stereocenters. The van der Waals surface area contributed by atoms with Crippen LogP contribution in [0.15, 0.2) is 18.2 Å². The van der Waals surface area contributed by atoms with Crippen LogP contribution in [0.25, 0.3) is 10.2 Å². The zero-order chi connectivity index (χ0) is 7.84. The Morgan fingerprint density at radius 2 is 2.27 bits per heavy atom. The molecule has 2 nitrogen and oxygen atoms in total. The first-order valence-corrected chi connectivity index (χ1v) is 4.23. The molecular formula is C7H4ClN2S. The maximum absolute atomic E-state index is 7.32. The predicted octanol–water partition coefficient (Wildman–Crippen LogP) is 2.86. The van der Waals surface area contributed by atoms with E-state index in [-0.39, 0.29) is 0 Å². The minimum Gasteiger partial charge on any atom is -0.301 e. The van der Waals surface area contributed by atoms with Gasteiger partial charge in [-0.25, -0.2) is 4.98 Å². The second kappa shape index (κ2) is 2.36. The maximum atomic E-state index is 7.32. The Kier molecular flexibility index (Phi) is 1.47. The van der Waals surface area contributed by atoms with E-state index in [0.717, 1.165) is 10.2 Å². The van der Waals surface area contributed by atoms with Gasteiger partial charge in [0.25, 0.3) is 0 Å². The average Bonchev–Trinajstić information content (AvgIpc) is 2.27. The number of nitrogens with zero attached hydrogens (tertiary/aromatic N) is 1. The fourth-order valence-electron chi connectivity index (χ4n) is 0.897. The van der Waals surface area contributed by atoms with Gasteiger partial charge in [0.15, 0.2) is 4.47 Å². The van der Waals surface area contributed by atoms with E-state index < -0.39 is 0 Å². The standard InChI is InChI=1S/C7H4ClN2S/c8-7-10-5-2-1-4(9)3-6(5)11-7/h1-3,9H. The van der Waals surface area contributed by atoms with Gasteiger partial charge in [0.05, 0.1) is 15.9 Å². The largest absolute Gasteiger partial charge is 0.301 e. The number of hydrogen-bond acceptors (Lipinski definition) is 2. The van der Waals surface area contributed by atoms with Crippen LogP contribution in [0.4, 0.5) is 5.69 Å². The Morgan fingerprint density at radius 3 is 3.09 bits per heavy atom. The Balaban J connectivity index is 2.82. The third-order valence-corrected chi connectivity index (χ3v) is 2.48. The first-order valence-electron chi connectivity index (χ1n) is 3.03. The first-order chi connectivity index (χ1) is 5.25. The molecule has 4 heteroatoms. The van der Waals surface area contributed by atoms with Gasteiger partial charge in [0, 0.05) is 0 Å². The van der Waals surface area contributed by atoms with Gasteiger partial charge in [-0.3, -0.25) is 0 Å². The Labute approximate surface area is 72.6 Å². The third-order valence-electron chi connectivity index (χ3n) is 1.36. The summed E-state index contributed by atoms with van der Waals surface area (Å²) in [5.74, 6) is 0. The second-order valence-electron chi connectivity index (χ2n) is 2.15. The molecule has 55 valence electrons. The maximum Gasteiger partial charge on any atom is 0.184 e. The molecule has 0 aliphatic heterocycles. The van der Waals surface area contributed by atoms with Crippen molar-refractivity contribution < 1.29 is 0 Å². The van der Waals surface area contributed by atoms with Crippen molar-refractivity contribution in [3.8, 4) is 0 Å². The minimum absolute atomic E-state index is 0.498. The summed E-state index contributed by atoms with van der Waals surface area (Å²) < 4.78 is 1.51. The highest BCUT2D eigenvalue weighted by Crippen LogP contribution is 2.27. The summed E-state index contributed by atoms with van der Waals surface area (Å²) in [4.78, 5) is 4.05. The van der Waals surface area contributed by atoms with Crippen molar-refractivity contribution in [3.63, 3.8) is 0 Å². The molecule has 0 unspecified atom stereocenters.